The van der Waals surface area contributed by atoms with Gasteiger partial charge in [-0.05, 0) is 69.2 Å². The van der Waals surface area contributed by atoms with Gasteiger partial charge in [0.1, 0.15) is 0 Å². The maximum absolute atomic E-state index is 12.3. The van der Waals surface area contributed by atoms with Crippen LogP contribution in [-0.4, -0.2) is 32.0 Å². The molecule has 0 aliphatic rings. The molecule has 1 N–H and O–H groups in total. The van der Waals surface area contributed by atoms with E-state index in [4.69, 9.17) is 0 Å². The number of carbonyl (C=O) groups is 1. The van der Waals surface area contributed by atoms with Crippen molar-refractivity contribution in [2.24, 2.45) is 5.92 Å². The van der Waals surface area contributed by atoms with Crippen molar-refractivity contribution in [3.8, 4) is 5.69 Å². The van der Waals surface area contributed by atoms with Gasteiger partial charge in [-0.3, -0.25) is 9.48 Å². The SMILES string of the molecule is Cc1nn(-c2ccccc2)cc1CCCNC(=O)CCc1c(C)nn(CC(C)C)c1C. The highest BCUT2D eigenvalue weighted by Crippen LogP contribution is 2.17. The first-order valence-electron chi connectivity index (χ1n) is 11.2. The second-order valence-electron chi connectivity index (χ2n) is 8.70. The van der Waals surface area contributed by atoms with Gasteiger partial charge in [-0.25, -0.2) is 4.68 Å². The van der Waals surface area contributed by atoms with Crippen LogP contribution in [0, 0.1) is 26.7 Å². The number of benzene rings is 1. The molecule has 0 saturated heterocycles. The number of rotatable bonds is 10. The number of carbonyl (C=O) groups excluding carboxylic acids is 1. The van der Waals surface area contributed by atoms with Gasteiger partial charge in [-0.15, -0.1) is 0 Å². The molecular weight excluding hydrogens is 386 g/mol. The molecule has 0 radical (unpaired) electrons. The molecular formula is C25H35N5O. The van der Waals surface area contributed by atoms with Crippen LogP contribution >= 0.6 is 0 Å². The van der Waals surface area contributed by atoms with Gasteiger partial charge in [-0.2, -0.15) is 10.2 Å². The Hall–Kier alpha value is -2.89. The predicted molar refractivity (Wildman–Crippen MR) is 124 cm³/mol. The van der Waals surface area contributed by atoms with E-state index in [1.165, 1.54) is 16.8 Å². The third-order valence-electron chi connectivity index (χ3n) is 5.64. The lowest BCUT2D eigenvalue weighted by Crippen LogP contribution is -2.25. The van der Waals surface area contributed by atoms with E-state index in [2.05, 4.69) is 47.2 Å². The highest BCUT2D eigenvalue weighted by atomic mass is 16.1. The van der Waals surface area contributed by atoms with Crippen LogP contribution in [0.4, 0.5) is 0 Å². The van der Waals surface area contributed by atoms with E-state index >= 15 is 0 Å². The summed E-state index contributed by atoms with van der Waals surface area (Å²) in [7, 11) is 0. The van der Waals surface area contributed by atoms with Gasteiger partial charge >= 0.3 is 0 Å². The Balaban J connectivity index is 1.43. The zero-order chi connectivity index (χ0) is 22.4. The molecule has 0 saturated carbocycles. The Morgan fingerprint density at radius 2 is 1.77 bits per heavy atom. The van der Waals surface area contributed by atoms with E-state index in [-0.39, 0.29) is 5.91 Å². The standard InChI is InChI=1S/C25H35N5O/c1-18(2)16-29-21(5)24(20(4)28-29)13-14-25(31)26-15-9-10-22-17-30(27-19(22)3)23-11-7-6-8-12-23/h6-8,11-12,17-18H,9-10,13-16H2,1-5H3,(H,26,31). The van der Waals surface area contributed by atoms with Gasteiger partial charge in [0, 0.05) is 31.4 Å². The summed E-state index contributed by atoms with van der Waals surface area (Å²) in [6.45, 7) is 12.2. The Morgan fingerprint density at radius 3 is 2.48 bits per heavy atom. The number of aryl methyl sites for hydroxylation is 3. The highest BCUT2D eigenvalue weighted by Gasteiger charge is 2.14. The molecule has 2 aromatic heterocycles. The molecule has 3 rings (SSSR count). The summed E-state index contributed by atoms with van der Waals surface area (Å²) in [6, 6.07) is 10.1. The van der Waals surface area contributed by atoms with Crippen molar-refractivity contribution < 1.29 is 4.79 Å². The Labute approximate surface area is 185 Å². The van der Waals surface area contributed by atoms with Crippen LogP contribution in [-0.2, 0) is 24.2 Å². The fourth-order valence-corrected chi connectivity index (χ4v) is 3.91. The molecule has 0 aliphatic carbocycles. The summed E-state index contributed by atoms with van der Waals surface area (Å²) in [5.41, 5.74) is 6.76. The fraction of sp³-hybridized carbons (Fsp3) is 0.480. The normalized spacial score (nSPS) is 11.3. The zero-order valence-electron chi connectivity index (χ0n) is 19.5. The number of amides is 1. The number of hydrogen-bond acceptors (Lipinski definition) is 3. The largest absolute Gasteiger partial charge is 0.356 e. The van der Waals surface area contributed by atoms with Crippen LogP contribution in [0.15, 0.2) is 36.5 Å². The van der Waals surface area contributed by atoms with E-state index < -0.39 is 0 Å². The second-order valence-corrected chi connectivity index (χ2v) is 8.70. The lowest BCUT2D eigenvalue weighted by molar-refractivity contribution is -0.121. The summed E-state index contributed by atoms with van der Waals surface area (Å²) in [4.78, 5) is 12.3. The second kappa shape index (κ2) is 10.4. The molecule has 6 nitrogen and oxygen atoms in total. The molecule has 0 bridgehead atoms. The smallest absolute Gasteiger partial charge is 0.220 e. The van der Waals surface area contributed by atoms with Gasteiger partial charge in [0.25, 0.3) is 0 Å². The molecule has 0 atom stereocenters. The molecule has 31 heavy (non-hydrogen) atoms. The molecule has 0 aliphatic heterocycles. The average Bonchev–Trinajstić information content (AvgIpc) is 3.23. The average molecular weight is 422 g/mol. The first-order valence-corrected chi connectivity index (χ1v) is 11.2. The number of nitrogens with zero attached hydrogens (tertiary/aromatic N) is 4. The van der Waals surface area contributed by atoms with Crippen molar-refractivity contribution in [1.82, 2.24) is 24.9 Å². The van der Waals surface area contributed by atoms with Gasteiger partial charge in [0.2, 0.25) is 5.91 Å². The number of hydrogen-bond donors (Lipinski definition) is 1. The molecule has 3 aromatic rings. The van der Waals surface area contributed by atoms with Gasteiger partial charge < -0.3 is 5.32 Å². The van der Waals surface area contributed by atoms with Crippen LogP contribution in [0.1, 0.15) is 54.9 Å². The molecule has 0 spiro atoms. The summed E-state index contributed by atoms with van der Waals surface area (Å²) in [5, 5.41) is 12.3. The minimum atomic E-state index is 0.104. The number of para-hydroxylation sites is 1. The van der Waals surface area contributed by atoms with E-state index in [0.29, 0.717) is 18.9 Å². The Morgan fingerprint density at radius 1 is 1.03 bits per heavy atom. The van der Waals surface area contributed by atoms with Crippen LogP contribution in [0.2, 0.25) is 0 Å². The summed E-state index contributed by atoms with van der Waals surface area (Å²) in [6.07, 6.45) is 5.13. The third-order valence-corrected chi connectivity index (χ3v) is 5.64. The molecule has 6 heteroatoms. The summed E-state index contributed by atoms with van der Waals surface area (Å²) in [5.74, 6) is 0.657. The highest BCUT2D eigenvalue weighted by molar-refractivity contribution is 5.76. The minimum Gasteiger partial charge on any atom is -0.356 e. The third kappa shape index (κ3) is 6.06. The monoisotopic (exact) mass is 421 g/mol. The van der Waals surface area contributed by atoms with E-state index in [1.807, 2.05) is 48.9 Å². The molecule has 166 valence electrons. The molecule has 1 aromatic carbocycles. The maximum Gasteiger partial charge on any atom is 0.220 e. The Kier molecular flexibility index (Phi) is 7.66. The van der Waals surface area contributed by atoms with E-state index in [0.717, 1.165) is 42.9 Å². The topological polar surface area (TPSA) is 64.7 Å². The van der Waals surface area contributed by atoms with Crippen molar-refractivity contribution >= 4 is 5.91 Å². The van der Waals surface area contributed by atoms with Crippen molar-refractivity contribution in [3.05, 3.63) is 64.7 Å². The van der Waals surface area contributed by atoms with Crippen LogP contribution in [0.5, 0.6) is 0 Å². The van der Waals surface area contributed by atoms with Crippen molar-refractivity contribution in [1.29, 1.82) is 0 Å². The first-order chi connectivity index (χ1) is 14.8. The molecule has 0 fully saturated rings. The number of aromatic nitrogens is 4. The Bertz CT molecular complexity index is 1000. The molecule has 0 unspecified atom stereocenters. The lowest BCUT2D eigenvalue weighted by atomic mass is 10.1. The van der Waals surface area contributed by atoms with Crippen LogP contribution in [0.25, 0.3) is 5.69 Å². The van der Waals surface area contributed by atoms with Crippen molar-refractivity contribution in [3.63, 3.8) is 0 Å². The van der Waals surface area contributed by atoms with Gasteiger partial charge in [0.15, 0.2) is 0 Å². The summed E-state index contributed by atoms with van der Waals surface area (Å²) >= 11 is 0. The van der Waals surface area contributed by atoms with Gasteiger partial charge in [-0.1, -0.05) is 32.0 Å². The lowest BCUT2D eigenvalue weighted by Gasteiger charge is -2.08. The zero-order valence-corrected chi connectivity index (χ0v) is 19.5. The maximum atomic E-state index is 12.3. The van der Waals surface area contributed by atoms with E-state index in [1.54, 1.807) is 0 Å². The quantitative estimate of drug-likeness (QED) is 0.496. The fourth-order valence-electron chi connectivity index (χ4n) is 3.91. The predicted octanol–water partition coefficient (Wildman–Crippen LogP) is 4.33. The van der Waals surface area contributed by atoms with Crippen LogP contribution < -0.4 is 5.32 Å². The number of nitrogens with one attached hydrogen (secondary N) is 1. The van der Waals surface area contributed by atoms with E-state index in [9.17, 15) is 4.79 Å². The van der Waals surface area contributed by atoms with Crippen molar-refractivity contribution in [2.75, 3.05) is 6.54 Å². The summed E-state index contributed by atoms with van der Waals surface area (Å²) < 4.78 is 4.00. The van der Waals surface area contributed by atoms with Crippen molar-refractivity contribution in [2.45, 2.75) is 66.8 Å². The molecule has 2 heterocycles. The van der Waals surface area contributed by atoms with Gasteiger partial charge in [0.05, 0.1) is 17.1 Å². The molecule has 1 amide bonds. The van der Waals surface area contributed by atoms with Crippen LogP contribution in [0.3, 0.4) is 0 Å². The first kappa shape index (κ1) is 22.8. The minimum absolute atomic E-state index is 0.104.